The van der Waals surface area contributed by atoms with Crippen molar-refractivity contribution in [3.05, 3.63) is 12.1 Å². The minimum absolute atomic E-state index is 0.0374. The van der Waals surface area contributed by atoms with Gasteiger partial charge in [0.05, 0.1) is 0 Å². The number of thiophene rings is 1. The Morgan fingerprint density at radius 1 is 1.08 bits per heavy atom. The summed E-state index contributed by atoms with van der Waals surface area (Å²) in [4.78, 5) is 20.6. The maximum absolute atomic E-state index is 10.3. The first-order valence-electron chi connectivity index (χ1n) is 3.59. The molecule has 66 valence electrons. The van der Waals surface area contributed by atoms with Gasteiger partial charge in [0.1, 0.15) is 0 Å². The lowest BCUT2D eigenvalue weighted by Crippen LogP contribution is -2.21. The molecule has 1 heterocycles. The summed E-state index contributed by atoms with van der Waals surface area (Å²) in [5.41, 5.74) is 0. The van der Waals surface area contributed by atoms with Crippen LogP contribution in [0, 0.1) is 0 Å². The summed E-state index contributed by atoms with van der Waals surface area (Å²) < 4.78 is 1.37. The number of carboxylic acid groups (broad SMARTS) is 2. The largest absolute Gasteiger partial charge is 0.489 e. The summed E-state index contributed by atoms with van der Waals surface area (Å²) in [5, 5.41) is 16.9. The average Bonchev–Trinajstić information content (AvgIpc) is 2.33. The van der Waals surface area contributed by atoms with E-state index in [4.69, 9.17) is 10.2 Å². The van der Waals surface area contributed by atoms with Crippen LogP contribution in [0.3, 0.4) is 0 Å². The third-order valence-corrected chi connectivity index (χ3v) is 2.45. The maximum Gasteiger partial charge on any atom is 0.305 e. The van der Waals surface area contributed by atoms with Crippen LogP contribution in [0.25, 0.3) is 0 Å². The molecular formula is C6H6B2O4S. The summed E-state index contributed by atoms with van der Waals surface area (Å²) in [6.45, 7) is 0. The molecular weight excluding hydrogens is 190 g/mol. The first kappa shape index (κ1) is 9.85. The zero-order valence-corrected chi connectivity index (χ0v) is 7.50. The van der Waals surface area contributed by atoms with Crippen LogP contribution in [-0.4, -0.2) is 36.5 Å². The molecule has 0 aromatic carbocycles. The van der Waals surface area contributed by atoms with E-state index in [1.54, 1.807) is 12.1 Å². The van der Waals surface area contributed by atoms with Crippen molar-refractivity contribution in [3.8, 4) is 0 Å². The van der Waals surface area contributed by atoms with E-state index in [1.165, 1.54) is 11.3 Å². The molecule has 0 fully saturated rings. The second kappa shape index (κ2) is 4.13. The monoisotopic (exact) mass is 196 g/mol. The standard InChI is InChI=1S/C6H6B2O4S/c9-5(10)7-3-1-2-4(13-3)8-6(11)12/h1-2,7-8H,(H,9,10)(H,11,12). The van der Waals surface area contributed by atoms with Gasteiger partial charge in [-0.3, -0.25) is 9.59 Å². The molecule has 0 aliphatic carbocycles. The summed E-state index contributed by atoms with van der Waals surface area (Å²) in [5.74, 6) is -1.80. The highest BCUT2D eigenvalue weighted by Gasteiger charge is 2.10. The van der Waals surface area contributed by atoms with Crippen molar-refractivity contribution in [3.63, 3.8) is 0 Å². The second-order valence-corrected chi connectivity index (χ2v) is 3.76. The fraction of sp³-hybridized carbons (Fsp3) is 0. The van der Waals surface area contributed by atoms with Crippen molar-refractivity contribution < 1.29 is 19.8 Å². The van der Waals surface area contributed by atoms with Gasteiger partial charge in [-0.1, -0.05) is 12.1 Å². The smallest absolute Gasteiger partial charge is 0.305 e. The van der Waals surface area contributed by atoms with Crippen LogP contribution in [-0.2, 0) is 0 Å². The van der Waals surface area contributed by atoms with Crippen LogP contribution >= 0.6 is 11.3 Å². The quantitative estimate of drug-likeness (QED) is 0.619. The summed E-state index contributed by atoms with van der Waals surface area (Å²) in [6.07, 6.45) is 0. The molecule has 1 rings (SSSR count). The van der Waals surface area contributed by atoms with E-state index < -0.39 is 11.7 Å². The van der Waals surface area contributed by atoms with Crippen LogP contribution in [0.5, 0.6) is 0 Å². The van der Waals surface area contributed by atoms with Crippen molar-refractivity contribution in [2.45, 2.75) is 0 Å². The molecule has 0 radical (unpaired) electrons. The highest BCUT2D eigenvalue weighted by Crippen LogP contribution is 1.90. The number of hydrogen-bond acceptors (Lipinski definition) is 3. The van der Waals surface area contributed by atoms with Crippen LogP contribution in [0.2, 0.25) is 0 Å². The Hall–Kier alpha value is -1.23. The van der Waals surface area contributed by atoms with Gasteiger partial charge in [-0.15, -0.1) is 0 Å². The molecule has 0 aliphatic heterocycles. The normalized spacial score (nSPS) is 9.23. The molecule has 13 heavy (non-hydrogen) atoms. The van der Waals surface area contributed by atoms with Gasteiger partial charge >= 0.3 is 14.6 Å². The summed E-state index contributed by atoms with van der Waals surface area (Å²) in [7, 11) is -0.0748. The van der Waals surface area contributed by atoms with Gasteiger partial charge in [0.15, 0.2) is 0 Å². The van der Waals surface area contributed by atoms with Gasteiger partial charge in [0, 0.05) is 0 Å². The molecule has 4 nitrogen and oxygen atoms in total. The van der Waals surface area contributed by atoms with Gasteiger partial charge in [-0.2, -0.15) is 11.3 Å². The lowest BCUT2D eigenvalue weighted by atomic mass is 9.76. The molecule has 0 amide bonds. The number of hydrogen-bond donors (Lipinski definition) is 2. The average molecular weight is 196 g/mol. The minimum Gasteiger partial charge on any atom is -0.489 e. The zero-order valence-electron chi connectivity index (χ0n) is 6.69. The highest BCUT2D eigenvalue weighted by molar-refractivity contribution is 7.32. The van der Waals surface area contributed by atoms with Crippen molar-refractivity contribution in [2.75, 3.05) is 0 Å². The van der Waals surface area contributed by atoms with Crippen molar-refractivity contribution >= 4 is 47.2 Å². The molecule has 0 aliphatic rings. The lowest BCUT2D eigenvalue weighted by molar-refractivity contribution is 0.219. The summed E-state index contributed by atoms with van der Waals surface area (Å²) in [6, 6.07) is 3.30. The molecule has 0 bridgehead atoms. The zero-order chi connectivity index (χ0) is 9.84. The molecule has 1 aromatic heterocycles. The molecule has 0 atom stereocenters. The van der Waals surface area contributed by atoms with Crippen molar-refractivity contribution in [2.24, 2.45) is 0 Å². The molecule has 7 heteroatoms. The number of carbonyl (C=O) groups is 2. The van der Waals surface area contributed by atoms with E-state index in [0.29, 0.717) is 9.55 Å². The van der Waals surface area contributed by atoms with Crippen LogP contribution in [0.1, 0.15) is 0 Å². The Morgan fingerprint density at radius 3 is 1.77 bits per heavy atom. The van der Waals surface area contributed by atoms with E-state index in [9.17, 15) is 9.59 Å². The van der Waals surface area contributed by atoms with Crippen LogP contribution in [0.4, 0.5) is 9.59 Å². The van der Waals surface area contributed by atoms with Crippen LogP contribution < -0.4 is 9.55 Å². The molecule has 0 saturated carbocycles. The van der Waals surface area contributed by atoms with Gasteiger partial charge in [-0.25, -0.2) is 0 Å². The van der Waals surface area contributed by atoms with E-state index in [0.717, 1.165) is 0 Å². The van der Waals surface area contributed by atoms with Crippen molar-refractivity contribution in [1.82, 2.24) is 0 Å². The third-order valence-electron chi connectivity index (χ3n) is 1.37. The first-order chi connectivity index (χ1) is 6.08. The van der Waals surface area contributed by atoms with E-state index in [1.807, 2.05) is 0 Å². The third kappa shape index (κ3) is 3.33. The van der Waals surface area contributed by atoms with Gasteiger partial charge in [-0.05, 0) is 9.55 Å². The van der Waals surface area contributed by atoms with E-state index in [2.05, 4.69) is 0 Å². The first-order valence-corrected chi connectivity index (χ1v) is 4.41. The number of rotatable bonds is 4. The Labute approximate surface area is 79.7 Å². The lowest BCUT2D eigenvalue weighted by Gasteiger charge is -1.86. The Kier molecular flexibility index (Phi) is 3.13. The van der Waals surface area contributed by atoms with Crippen molar-refractivity contribution in [1.29, 1.82) is 0 Å². The fourth-order valence-corrected chi connectivity index (χ4v) is 1.91. The minimum atomic E-state index is -0.899. The fourth-order valence-electron chi connectivity index (χ4n) is 0.910. The summed E-state index contributed by atoms with van der Waals surface area (Å²) >= 11 is 1.23. The van der Waals surface area contributed by atoms with E-state index in [-0.39, 0.29) is 14.6 Å². The predicted molar refractivity (Wildman–Crippen MR) is 53.9 cm³/mol. The highest BCUT2D eigenvalue weighted by atomic mass is 32.1. The second-order valence-electron chi connectivity index (χ2n) is 2.51. The van der Waals surface area contributed by atoms with E-state index >= 15 is 0 Å². The Bertz CT molecular complexity index is 305. The SMILES string of the molecule is O=C(O)Bc1ccc(BC(=O)O)s1. The molecule has 0 spiro atoms. The molecule has 1 aromatic rings. The topological polar surface area (TPSA) is 74.6 Å². The molecule has 2 N–H and O–H groups in total. The molecule has 0 saturated heterocycles. The van der Waals surface area contributed by atoms with Gasteiger partial charge in [0.25, 0.3) is 11.7 Å². The Morgan fingerprint density at radius 2 is 1.46 bits per heavy atom. The predicted octanol–water partition coefficient (Wildman–Crippen LogP) is -0.772. The van der Waals surface area contributed by atoms with Gasteiger partial charge in [0.2, 0.25) is 0 Å². The Balaban J connectivity index is 2.63. The van der Waals surface area contributed by atoms with Gasteiger partial charge < -0.3 is 10.2 Å². The van der Waals surface area contributed by atoms with Crippen LogP contribution in [0.15, 0.2) is 12.1 Å². The molecule has 0 unspecified atom stereocenters. The maximum atomic E-state index is 10.3.